The molecule has 4 nitrogen and oxygen atoms in total. The number of ether oxygens (including phenoxy) is 1. The van der Waals surface area contributed by atoms with Crippen molar-refractivity contribution in [1.82, 2.24) is 15.1 Å². The summed E-state index contributed by atoms with van der Waals surface area (Å²) in [5.74, 6) is 0.923. The molecule has 0 fully saturated rings. The molecule has 4 heteroatoms. The van der Waals surface area contributed by atoms with E-state index in [1.807, 2.05) is 17.9 Å². The average Bonchev–Trinajstić information content (AvgIpc) is 2.87. The fourth-order valence-electron chi connectivity index (χ4n) is 2.71. The van der Waals surface area contributed by atoms with Gasteiger partial charge in [0.15, 0.2) is 0 Å². The first-order valence-electron chi connectivity index (χ1n) is 7.44. The van der Waals surface area contributed by atoms with Gasteiger partial charge < -0.3 is 10.1 Å². The molecule has 21 heavy (non-hydrogen) atoms. The van der Waals surface area contributed by atoms with Gasteiger partial charge in [0.25, 0.3) is 0 Å². The van der Waals surface area contributed by atoms with Crippen LogP contribution in [-0.4, -0.2) is 23.4 Å². The Balaban J connectivity index is 2.50. The zero-order valence-electron chi connectivity index (χ0n) is 13.6. The van der Waals surface area contributed by atoms with Crippen LogP contribution < -0.4 is 10.1 Å². The minimum absolute atomic E-state index is 0.0571. The lowest BCUT2D eigenvalue weighted by Gasteiger charge is -2.22. The van der Waals surface area contributed by atoms with Crippen molar-refractivity contribution in [3.63, 3.8) is 0 Å². The lowest BCUT2D eigenvalue weighted by Crippen LogP contribution is -2.25. The van der Waals surface area contributed by atoms with Gasteiger partial charge in [-0.25, -0.2) is 0 Å². The SMILES string of the molecule is CCCNC(c1ccn(C)n1)c1c(C)cc(C)cc1OC. The first kappa shape index (κ1) is 15.6. The second-order valence-corrected chi connectivity index (χ2v) is 5.50. The van der Waals surface area contributed by atoms with Crippen LogP contribution in [0.1, 0.15) is 41.8 Å². The van der Waals surface area contributed by atoms with Gasteiger partial charge in [0.1, 0.15) is 5.75 Å². The van der Waals surface area contributed by atoms with Crippen LogP contribution in [0.2, 0.25) is 0 Å². The number of hydrogen-bond donors (Lipinski definition) is 1. The average molecular weight is 287 g/mol. The van der Waals surface area contributed by atoms with Gasteiger partial charge in [0.2, 0.25) is 0 Å². The molecule has 0 saturated heterocycles. The maximum atomic E-state index is 5.62. The van der Waals surface area contributed by atoms with Crippen LogP contribution in [0, 0.1) is 13.8 Å². The van der Waals surface area contributed by atoms with E-state index in [0.717, 1.165) is 24.4 Å². The third-order valence-electron chi connectivity index (χ3n) is 3.63. The van der Waals surface area contributed by atoms with Gasteiger partial charge in [-0.3, -0.25) is 4.68 Å². The second-order valence-electron chi connectivity index (χ2n) is 5.50. The topological polar surface area (TPSA) is 39.1 Å². The van der Waals surface area contributed by atoms with Crippen LogP contribution in [0.15, 0.2) is 24.4 Å². The van der Waals surface area contributed by atoms with Crippen molar-refractivity contribution in [2.45, 2.75) is 33.2 Å². The Morgan fingerprint density at radius 3 is 2.67 bits per heavy atom. The smallest absolute Gasteiger partial charge is 0.124 e. The molecule has 1 aromatic heterocycles. The van der Waals surface area contributed by atoms with Crippen molar-refractivity contribution in [2.24, 2.45) is 7.05 Å². The standard InChI is InChI=1S/C17H25N3O/c1-6-8-18-17(14-7-9-20(4)19-14)16-13(3)10-12(2)11-15(16)21-5/h7,9-11,17-18H,6,8H2,1-5H3. The third kappa shape index (κ3) is 3.45. The maximum Gasteiger partial charge on any atom is 0.124 e. The van der Waals surface area contributed by atoms with Crippen molar-refractivity contribution in [1.29, 1.82) is 0 Å². The molecule has 114 valence electrons. The molecular weight excluding hydrogens is 262 g/mol. The highest BCUT2D eigenvalue weighted by atomic mass is 16.5. The zero-order valence-corrected chi connectivity index (χ0v) is 13.6. The number of nitrogens with zero attached hydrogens (tertiary/aromatic N) is 2. The van der Waals surface area contributed by atoms with Crippen LogP contribution in [-0.2, 0) is 7.05 Å². The van der Waals surface area contributed by atoms with E-state index in [4.69, 9.17) is 4.74 Å². The minimum atomic E-state index is 0.0571. The maximum absolute atomic E-state index is 5.62. The molecule has 0 saturated carbocycles. The monoisotopic (exact) mass is 287 g/mol. The van der Waals surface area contributed by atoms with E-state index >= 15 is 0 Å². The Bertz CT molecular complexity index is 604. The first-order chi connectivity index (χ1) is 10.1. The zero-order chi connectivity index (χ0) is 15.4. The lowest BCUT2D eigenvalue weighted by atomic mass is 9.95. The molecule has 0 spiro atoms. The normalized spacial score (nSPS) is 12.4. The molecule has 1 heterocycles. The van der Waals surface area contributed by atoms with Crippen molar-refractivity contribution in [3.8, 4) is 5.75 Å². The summed E-state index contributed by atoms with van der Waals surface area (Å²) in [5, 5.41) is 8.17. The van der Waals surface area contributed by atoms with E-state index in [2.05, 4.69) is 49.4 Å². The van der Waals surface area contributed by atoms with E-state index in [0.29, 0.717) is 0 Å². The van der Waals surface area contributed by atoms with E-state index in [-0.39, 0.29) is 6.04 Å². The van der Waals surface area contributed by atoms with E-state index < -0.39 is 0 Å². The second kappa shape index (κ2) is 6.76. The third-order valence-corrected chi connectivity index (χ3v) is 3.63. The van der Waals surface area contributed by atoms with Crippen LogP contribution in [0.4, 0.5) is 0 Å². The Morgan fingerprint density at radius 2 is 2.10 bits per heavy atom. The number of hydrogen-bond acceptors (Lipinski definition) is 3. The van der Waals surface area contributed by atoms with Crippen molar-refractivity contribution >= 4 is 0 Å². The molecule has 0 aliphatic rings. The molecule has 0 bridgehead atoms. The summed E-state index contributed by atoms with van der Waals surface area (Å²) in [6.07, 6.45) is 3.06. The molecule has 1 aromatic carbocycles. The van der Waals surface area contributed by atoms with Gasteiger partial charge in [-0.2, -0.15) is 5.10 Å². The van der Waals surface area contributed by atoms with E-state index in [9.17, 15) is 0 Å². The molecule has 0 aliphatic heterocycles. The summed E-state index contributed by atoms with van der Waals surface area (Å²) in [6, 6.07) is 6.40. The molecule has 0 radical (unpaired) electrons. The summed E-state index contributed by atoms with van der Waals surface area (Å²) in [4.78, 5) is 0. The molecule has 0 amide bonds. The van der Waals surface area contributed by atoms with Crippen LogP contribution in [0.25, 0.3) is 0 Å². The largest absolute Gasteiger partial charge is 0.496 e. The Hall–Kier alpha value is -1.81. The fraction of sp³-hybridized carbons (Fsp3) is 0.471. The summed E-state index contributed by atoms with van der Waals surface area (Å²) in [5.41, 5.74) is 4.64. The minimum Gasteiger partial charge on any atom is -0.496 e. The number of aryl methyl sites for hydroxylation is 3. The number of methoxy groups -OCH3 is 1. The van der Waals surface area contributed by atoms with Crippen LogP contribution in [0.3, 0.4) is 0 Å². The predicted molar refractivity (Wildman–Crippen MR) is 85.8 cm³/mol. The summed E-state index contributed by atoms with van der Waals surface area (Å²) < 4.78 is 7.46. The first-order valence-corrected chi connectivity index (χ1v) is 7.44. The summed E-state index contributed by atoms with van der Waals surface area (Å²) >= 11 is 0. The van der Waals surface area contributed by atoms with Gasteiger partial charge >= 0.3 is 0 Å². The van der Waals surface area contributed by atoms with E-state index in [1.54, 1.807) is 7.11 Å². The Morgan fingerprint density at radius 1 is 1.33 bits per heavy atom. The Labute approximate surface area is 127 Å². The summed E-state index contributed by atoms with van der Waals surface area (Å²) in [7, 11) is 3.67. The molecule has 0 aliphatic carbocycles. The van der Waals surface area contributed by atoms with Gasteiger partial charge in [-0.15, -0.1) is 0 Å². The summed E-state index contributed by atoms with van der Waals surface area (Å²) in [6.45, 7) is 7.34. The molecule has 2 aromatic rings. The predicted octanol–water partition coefficient (Wildman–Crippen LogP) is 3.13. The van der Waals surface area contributed by atoms with Gasteiger partial charge in [-0.05, 0) is 50.1 Å². The highest BCUT2D eigenvalue weighted by Crippen LogP contribution is 2.33. The van der Waals surface area contributed by atoms with Gasteiger partial charge in [0, 0.05) is 18.8 Å². The van der Waals surface area contributed by atoms with Crippen molar-refractivity contribution in [2.75, 3.05) is 13.7 Å². The van der Waals surface area contributed by atoms with Crippen molar-refractivity contribution < 1.29 is 4.74 Å². The highest BCUT2D eigenvalue weighted by molar-refractivity contribution is 5.47. The number of aromatic nitrogens is 2. The molecule has 1 atom stereocenters. The fourth-order valence-corrected chi connectivity index (χ4v) is 2.71. The van der Waals surface area contributed by atoms with Crippen LogP contribution >= 0.6 is 0 Å². The number of nitrogens with one attached hydrogen (secondary N) is 1. The molecular formula is C17H25N3O. The molecule has 1 N–H and O–H groups in total. The number of benzene rings is 1. The Kier molecular flexibility index (Phi) is 5.02. The molecule has 2 rings (SSSR count). The van der Waals surface area contributed by atoms with Crippen LogP contribution in [0.5, 0.6) is 5.75 Å². The van der Waals surface area contributed by atoms with Gasteiger partial charge in [-0.1, -0.05) is 13.0 Å². The van der Waals surface area contributed by atoms with Gasteiger partial charge in [0.05, 0.1) is 18.8 Å². The van der Waals surface area contributed by atoms with Crippen molar-refractivity contribution in [3.05, 3.63) is 46.8 Å². The van der Waals surface area contributed by atoms with E-state index in [1.165, 1.54) is 16.7 Å². The quantitative estimate of drug-likeness (QED) is 0.887. The molecule has 1 unspecified atom stereocenters. The number of rotatable bonds is 6. The lowest BCUT2D eigenvalue weighted by molar-refractivity contribution is 0.402. The highest BCUT2D eigenvalue weighted by Gasteiger charge is 2.22.